The van der Waals surface area contributed by atoms with Gasteiger partial charge in [0.2, 0.25) is 5.91 Å². The van der Waals surface area contributed by atoms with Gasteiger partial charge < -0.3 is 5.32 Å². The fourth-order valence-electron chi connectivity index (χ4n) is 2.08. The van der Waals surface area contributed by atoms with E-state index in [9.17, 15) is 9.18 Å². The summed E-state index contributed by atoms with van der Waals surface area (Å²) in [5.41, 5.74) is 0.783. The van der Waals surface area contributed by atoms with Crippen molar-refractivity contribution in [1.82, 2.24) is 5.32 Å². The number of benzene rings is 1. The molecule has 112 valence electrons. The molecule has 2 rings (SSSR count). The first kappa shape index (κ1) is 16.2. The number of hydrogen-bond acceptors (Lipinski definition) is 2. The van der Waals surface area contributed by atoms with E-state index in [1.807, 2.05) is 19.1 Å². The van der Waals surface area contributed by atoms with Crippen LogP contribution in [0.5, 0.6) is 0 Å². The molecule has 1 aromatic heterocycles. The molecular formula is C16H17BrFNOS. The van der Waals surface area contributed by atoms with Crippen molar-refractivity contribution < 1.29 is 9.18 Å². The van der Waals surface area contributed by atoms with E-state index in [0.29, 0.717) is 6.42 Å². The number of hydrogen-bond donors (Lipinski definition) is 1. The second-order valence-corrected chi connectivity index (χ2v) is 7.45. The molecule has 1 atom stereocenters. The third kappa shape index (κ3) is 5.25. The molecular weight excluding hydrogens is 353 g/mol. The van der Waals surface area contributed by atoms with Crippen molar-refractivity contribution in [3.8, 4) is 0 Å². The Labute approximate surface area is 136 Å². The standard InChI is InChI=1S/C16H17BrFNOS/c1-11(12-4-2-5-13(18)10-12)19-16(20)7-3-6-14-8-9-15(17)21-14/h2,4-5,8-11H,3,6-7H2,1H3,(H,19,20). The zero-order valence-electron chi connectivity index (χ0n) is 11.7. The minimum atomic E-state index is -0.281. The summed E-state index contributed by atoms with van der Waals surface area (Å²) < 4.78 is 14.3. The highest BCUT2D eigenvalue weighted by Crippen LogP contribution is 2.23. The van der Waals surface area contributed by atoms with Gasteiger partial charge in [0.25, 0.3) is 0 Å². The molecule has 5 heteroatoms. The van der Waals surface area contributed by atoms with Gasteiger partial charge in [-0.2, -0.15) is 0 Å². The Morgan fingerprint density at radius 3 is 2.86 bits per heavy atom. The smallest absolute Gasteiger partial charge is 0.220 e. The number of carbonyl (C=O) groups excluding carboxylic acids is 1. The summed E-state index contributed by atoms with van der Waals surface area (Å²) in [5, 5.41) is 2.90. The van der Waals surface area contributed by atoms with E-state index in [0.717, 1.165) is 22.2 Å². The van der Waals surface area contributed by atoms with E-state index in [2.05, 4.69) is 27.3 Å². The van der Waals surface area contributed by atoms with E-state index in [1.54, 1.807) is 17.4 Å². The number of nitrogens with one attached hydrogen (secondary N) is 1. The molecule has 0 bridgehead atoms. The molecule has 1 amide bonds. The maximum atomic E-state index is 13.1. The predicted octanol–water partition coefficient (Wildman–Crippen LogP) is 4.85. The van der Waals surface area contributed by atoms with Gasteiger partial charge in [-0.3, -0.25) is 4.79 Å². The van der Waals surface area contributed by atoms with E-state index in [-0.39, 0.29) is 17.8 Å². The molecule has 1 heterocycles. The second-order valence-electron chi connectivity index (χ2n) is 4.90. The van der Waals surface area contributed by atoms with Gasteiger partial charge in [-0.15, -0.1) is 11.3 Å². The Kier molecular flexibility index (Phi) is 5.94. The zero-order chi connectivity index (χ0) is 15.2. The van der Waals surface area contributed by atoms with E-state index >= 15 is 0 Å². The second kappa shape index (κ2) is 7.71. The van der Waals surface area contributed by atoms with Crippen LogP contribution in [0.4, 0.5) is 4.39 Å². The number of rotatable bonds is 6. The quantitative estimate of drug-likeness (QED) is 0.774. The van der Waals surface area contributed by atoms with Crippen LogP contribution in [-0.2, 0) is 11.2 Å². The van der Waals surface area contributed by atoms with Crippen LogP contribution < -0.4 is 5.32 Å². The maximum absolute atomic E-state index is 13.1. The van der Waals surface area contributed by atoms with Crippen LogP contribution in [0.15, 0.2) is 40.2 Å². The summed E-state index contributed by atoms with van der Waals surface area (Å²) in [6.45, 7) is 1.86. The van der Waals surface area contributed by atoms with E-state index in [4.69, 9.17) is 0 Å². The molecule has 0 spiro atoms. The molecule has 1 N–H and O–H groups in total. The van der Waals surface area contributed by atoms with Gasteiger partial charge in [0.1, 0.15) is 5.82 Å². The highest BCUT2D eigenvalue weighted by Gasteiger charge is 2.10. The molecule has 0 radical (unpaired) electrons. The molecule has 21 heavy (non-hydrogen) atoms. The van der Waals surface area contributed by atoms with Crippen LogP contribution in [-0.4, -0.2) is 5.91 Å². The summed E-state index contributed by atoms with van der Waals surface area (Å²) in [5.74, 6) is -0.278. The van der Waals surface area contributed by atoms with Gasteiger partial charge in [0.15, 0.2) is 0 Å². The van der Waals surface area contributed by atoms with Crippen LogP contribution in [0.1, 0.15) is 36.2 Å². The Hall–Kier alpha value is -1.20. The SMILES string of the molecule is CC(NC(=O)CCCc1ccc(Br)s1)c1cccc(F)c1. The lowest BCUT2D eigenvalue weighted by Crippen LogP contribution is -2.26. The first-order valence-electron chi connectivity index (χ1n) is 6.83. The Morgan fingerprint density at radius 1 is 1.38 bits per heavy atom. The van der Waals surface area contributed by atoms with Crippen LogP contribution in [0.3, 0.4) is 0 Å². The van der Waals surface area contributed by atoms with Gasteiger partial charge in [-0.25, -0.2) is 4.39 Å². The number of thiophene rings is 1. The molecule has 0 saturated carbocycles. The van der Waals surface area contributed by atoms with Crippen LogP contribution >= 0.6 is 27.3 Å². The topological polar surface area (TPSA) is 29.1 Å². The van der Waals surface area contributed by atoms with E-state index in [1.165, 1.54) is 17.0 Å². The van der Waals surface area contributed by atoms with Crippen LogP contribution in [0, 0.1) is 5.82 Å². The van der Waals surface area contributed by atoms with Crippen molar-refractivity contribution in [1.29, 1.82) is 0 Å². The molecule has 0 fully saturated rings. The molecule has 0 aliphatic rings. The average Bonchev–Trinajstić information content (AvgIpc) is 2.84. The third-order valence-corrected chi connectivity index (χ3v) is 4.87. The number of aryl methyl sites for hydroxylation is 1. The molecule has 1 unspecified atom stereocenters. The number of amides is 1. The lowest BCUT2D eigenvalue weighted by atomic mass is 10.1. The molecule has 0 aliphatic heterocycles. The summed E-state index contributed by atoms with van der Waals surface area (Å²) in [6, 6.07) is 10.2. The minimum Gasteiger partial charge on any atom is -0.350 e. The molecule has 1 aromatic carbocycles. The lowest BCUT2D eigenvalue weighted by Gasteiger charge is -2.14. The Balaban J connectivity index is 1.76. The first-order valence-corrected chi connectivity index (χ1v) is 8.44. The summed E-state index contributed by atoms with van der Waals surface area (Å²) >= 11 is 5.12. The highest BCUT2D eigenvalue weighted by atomic mass is 79.9. The lowest BCUT2D eigenvalue weighted by molar-refractivity contribution is -0.121. The van der Waals surface area contributed by atoms with Gasteiger partial charge in [0.05, 0.1) is 9.83 Å². The van der Waals surface area contributed by atoms with Crippen LogP contribution in [0.25, 0.3) is 0 Å². The zero-order valence-corrected chi connectivity index (χ0v) is 14.1. The average molecular weight is 370 g/mol. The van der Waals surface area contributed by atoms with Gasteiger partial charge >= 0.3 is 0 Å². The fourth-order valence-corrected chi connectivity index (χ4v) is 3.61. The van der Waals surface area contributed by atoms with Crippen molar-refractivity contribution in [2.75, 3.05) is 0 Å². The largest absolute Gasteiger partial charge is 0.350 e. The Morgan fingerprint density at radius 2 is 2.19 bits per heavy atom. The first-order chi connectivity index (χ1) is 10.0. The molecule has 0 aliphatic carbocycles. The summed E-state index contributed by atoms with van der Waals surface area (Å²) in [7, 11) is 0. The number of halogens is 2. The van der Waals surface area contributed by atoms with E-state index < -0.39 is 0 Å². The maximum Gasteiger partial charge on any atom is 0.220 e. The van der Waals surface area contributed by atoms with Crippen molar-refractivity contribution >= 4 is 33.2 Å². The summed E-state index contributed by atoms with van der Waals surface area (Å²) in [6.07, 6.45) is 2.20. The summed E-state index contributed by atoms with van der Waals surface area (Å²) in [4.78, 5) is 13.2. The van der Waals surface area contributed by atoms with Crippen molar-refractivity contribution in [3.05, 3.63) is 56.4 Å². The number of carbonyl (C=O) groups is 1. The normalized spacial score (nSPS) is 12.1. The minimum absolute atomic E-state index is 0.00221. The fraction of sp³-hybridized carbons (Fsp3) is 0.312. The van der Waals surface area contributed by atoms with Crippen molar-refractivity contribution in [3.63, 3.8) is 0 Å². The molecule has 2 aromatic rings. The molecule has 2 nitrogen and oxygen atoms in total. The van der Waals surface area contributed by atoms with Gasteiger partial charge in [0, 0.05) is 11.3 Å². The van der Waals surface area contributed by atoms with Gasteiger partial charge in [-0.1, -0.05) is 12.1 Å². The Bertz CT molecular complexity index is 614. The monoisotopic (exact) mass is 369 g/mol. The van der Waals surface area contributed by atoms with Crippen molar-refractivity contribution in [2.24, 2.45) is 0 Å². The van der Waals surface area contributed by atoms with Crippen molar-refractivity contribution in [2.45, 2.75) is 32.2 Å². The molecule has 0 saturated heterocycles. The third-order valence-electron chi connectivity index (χ3n) is 3.18. The van der Waals surface area contributed by atoms with Gasteiger partial charge in [-0.05, 0) is 65.5 Å². The highest BCUT2D eigenvalue weighted by molar-refractivity contribution is 9.11. The predicted molar refractivity (Wildman–Crippen MR) is 87.9 cm³/mol. The van der Waals surface area contributed by atoms with Crippen LogP contribution in [0.2, 0.25) is 0 Å².